The van der Waals surface area contributed by atoms with Crippen LogP contribution in [0.25, 0.3) is 0 Å². The van der Waals surface area contributed by atoms with Crippen LogP contribution < -0.4 is 15.2 Å². The fraction of sp³-hybridized carbons (Fsp3) is 0.188. The van der Waals surface area contributed by atoms with Crippen molar-refractivity contribution >= 4 is 28.8 Å². The Kier molecular flexibility index (Phi) is 5.42. The Morgan fingerprint density at radius 3 is 2.52 bits per heavy atom. The van der Waals surface area contributed by atoms with E-state index >= 15 is 0 Å². The maximum atomic E-state index is 6.02. The van der Waals surface area contributed by atoms with Crippen LogP contribution in [0, 0.1) is 0 Å². The highest BCUT2D eigenvalue weighted by atomic mass is 35.5. The number of nitrogens with two attached hydrogens (primary N) is 1. The van der Waals surface area contributed by atoms with Gasteiger partial charge in [0.1, 0.15) is 10.7 Å². The first kappa shape index (κ1) is 15.6. The van der Waals surface area contributed by atoms with E-state index in [1.165, 1.54) is 0 Å². The van der Waals surface area contributed by atoms with Crippen molar-refractivity contribution in [3.8, 4) is 17.2 Å². The molecule has 21 heavy (non-hydrogen) atoms. The smallest absolute Gasteiger partial charge is 0.169 e. The molecular formula is C16H16ClNO2S. The Morgan fingerprint density at radius 1 is 1.14 bits per heavy atom. The van der Waals surface area contributed by atoms with E-state index in [-0.39, 0.29) is 4.99 Å². The van der Waals surface area contributed by atoms with Crippen molar-refractivity contribution in [2.45, 2.75) is 13.3 Å². The van der Waals surface area contributed by atoms with Gasteiger partial charge < -0.3 is 15.2 Å². The second kappa shape index (κ2) is 7.29. The van der Waals surface area contributed by atoms with Crippen LogP contribution in [0.4, 0.5) is 0 Å². The van der Waals surface area contributed by atoms with E-state index in [9.17, 15) is 0 Å². The van der Waals surface area contributed by atoms with Gasteiger partial charge in [-0.3, -0.25) is 0 Å². The van der Waals surface area contributed by atoms with Crippen LogP contribution in [0.5, 0.6) is 17.2 Å². The molecule has 0 radical (unpaired) electrons. The van der Waals surface area contributed by atoms with Gasteiger partial charge in [0.25, 0.3) is 0 Å². The number of hydrogen-bond acceptors (Lipinski definition) is 3. The molecule has 0 bridgehead atoms. The lowest BCUT2D eigenvalue weighted by atomic mass is 10.2. The minimum absolute atomic E-state index is 0.258. The largest absolute Gasteiger partial charge is 0.490 e. The quantitative estimate of drug-likeness (QED) is 0.792. The van der Waals surface area contributed by atoms with Crippen molar-refractivity contribution in [2.24, 2.45) is 5.73 Å². The molecule has 0 saturated heterocycles. The van der Waals surface area contributed by atoms with E-state index in [1.54, 1.807) is 18.2 Å². The molecule has 2 N–H and O–H groups in total. The number of benzene rings is 2. The minimum Gasteiger partial charge on any atom is -0.490 e. The van der Waals surface area contributed by atoms with Gasteiger partial charge in [-0.2, -0.15) is 0 Å². The molecule has 2 aromatic carbocycles. The normalized spacial score (nSPS) is 10.2. The van der Waals surface area contributed by atoms with E-state index in [4.69, 9.17) is 39.0 Å². The molecule has 0 aliphatic carbocycles. The number of thiocarbonyl (C=S) groups is 1. The lowest BCUT2D eigenvalue weighted by Gasteiger charge is -2.14. The Balaban J connectivity index is 2.34. The zero-order chi connectivity index (χ0) is 15.2. The van der Waals surface area contributed by atoms with Gasteiger partial charge in [0, 0.05) is 11.1 Å². The first-order valence-corrected chi connectivity index (χ1v) is 7.39. The Labute approximate surface area is 134 Å². The Morgan fingerprint density at radius 2 is 1.86 bits per heavy atom. The highest BCUT2D eigenvalue weighted by Crippen LogP contribution is 2.34. The SMILES string of the molecule is CCCOc1ccccc1Oc1cc(Cl)ccc1C(N)=S. The second-order valence-corrected chi connectivity index (χ2v) is 5.28. The summed E-state index contributed by atoms with van der Waals surface area (Å²) in [6.07, 6.45) is 0.920. The summed E-state index contributed by atoms with van der Waals surface area (Å²) >= 11 is 11.1. The average Bonchev–Trinajstić information content (AvgIpc) is 2.46. The summed E-state index contributed by atoms with van der Waals surface area (Å²) in [6.45, 7) is 2.67. The number of rotatable bonds is 6. The molecule has 0 atom stereocenters. The molecule has 0 aromatic heterocycles. The molecule has 3 nitrogen and oxygen atoms in total. The summed E-state index contributed by atoms with van der Waals surface area (Å²) in [5.41, 5.74) is 6.35. The second-order valence-electron chi connectivity index (χ2n) is 4.40. The maximum absolute atomic E-state index is 6.02. The van der Waals surface area contributed by atoms with E-state index in [1.807, 2.05) is 31.2 Å². The van der Waals surface area contributed by atoms with Crippen molar-refractivity contribution < 1.29 is 9.47 Å². The number of halogens is 1. The molecule has 0 amide bonds. The standard InChI is InChI=1S/C16H16ClNO2S/c1-2-9-19-13-5-3-4-6-14(13)20-15-10-11(17)7-8-12(15)16(18)21/h3-8,10H,2,9H2,1H3,(H2,18,21). The minimum atomic E-state index is 0.258. The van der Waals surface area contributed by atoms with Crippen LogP contribution in [0.1, 0.15) is 18.9 Å². The molecular weight excluding hydrogens is 306 g/mol. The first-order valence-electron chi connectivity index (χ1n) is 6.61. The number of para-hydroxylation sites is 2. The van der Waals surface area contributed by atoms with Crippen LogP contribution in [0.2, 0.25) is 5.02 Å². The monoisotopic (exact) mass is 321 g/mol. The lowest BCUT2D eigenvalue weighted by Crippen LogP contribution is -2.10. The van der Waals surface area contributed by atoms with Gasteiger partial charge in [0.15, 0.2) is 11.5 Å². The summed E-state index contributed by atoms with van der Waals surface area (Å²) in [4.78, 5) is 0.258. The zero-order valence-corrected chi connectivity index (χ0v) is 13.2. The van der Waals surface area contributed by atoms with E-state index < -0.39 is 0 Å². The van der Waals surface area contributed by atoms with E-state index in [0.29, 0.717) is 34.4 Å². The summed E-state index contributed by atoms with van der Waals surface area (Å²) in [7, 11) is 0. The predicted molar refractivity (Wildman–Crippen MR) is 89.6 cm³/mol. The summed E-state index contributed by atoms with van der Waals surface area (Å²) in [5.74, 6) is 1.79. The summed E-state index contributed by atoms with van der Waals surface area (Å²) in [6, 6.07) is 12.6. The fourth-order valence-corrected chi connectivity index (χ4v) is 2.10. The maximum Gasteiger partial charge on any atom is 0.169 e. The molecule has 2 aromatic rings. The van der Waals surface area contributed by atoms with Gasteiger partial charge in [0.2, 0.25) is 0 Å². The highest BCUT2D eigenvalue weighted by Gasteiger charge is 2.11. The summed E-state index contributed by atoms with van der Waals surface area (Å²) in [5, 5.41) is 0.553. The molecule has 110 valence electrons. The van der Waals surface area contributed by atoms with Crippen LogP contribution in [0.3, 0.4) is 0 Å². The van der Waals surface area contributed by atoms with Crippen molar-refractivity contribution in [1.82, 2.24) is 0 Å². The van der Waals surface area contributed by atoms with Crippen LogP contribution in [0.15, 0.2) is 42.5 Å². The molecule has 0 fully saturated rings. The molecule has 0 aliphatic heterocycles. The number of hydrogen-bond donors (Lipinski definition) is 1. The van der Waals surface area contributed by atoms with Gasteiger partial charge >= 0.3 is 0 Å². The van der Waals surface area contributed by atoms with Crippen LogP contribution in [-0.4, -0.2) is 11.6 Å². The van der Waals surface area contributed by atoms with Crippen molar-refractivity contribution in [3.63, 3.8) is 0 Å². The summed E-state index contributed by atoms with van der Waals surface area (Å²) < 4.78 is 11.6. The zero-order valence-electron chi connectivity index (χ0n) is 11.6. The third-order valence-corrected chi connectivity index (χ3v) is 3.19. The number of ether oxygens (including phenoxy) is 2. The van der Waals surface area contributed by atoms with Crippen LogP contribution >= 0.6 is 23.8 Å². The van der Waals surface area contributed by atoms with Gasteiger partial charge in [-0.1, -0.05) is 42.9 Å². The molecule has 0 heterocycles. The van der Waals surface area contributed by atoms with Crippen molar-refractivity contribution in [1.29, 1.82) is 0 Å². The van der Waals surface area contributed by atoms with Gasteiger partial charge in [-0.25, -0.2) is 0 Å². The van der Waals surface area contributed by atoms with Gasteiger partial charge in [-0.15, -0.1) is 0 Å². The molecule has 0 aliphatic rings. The fourth-order valence-electron chi connectivity index (χ4n) is 1.77. The lowest BCUT2D eigenvalue weighted by molar-refractivity contribution is 0.302. The molecule has 0 saturated carbocycles. The van der Waals surface area contributed by atoms with Gasteiger partial charge in [-0.05, 0) is 30.7 Å². The molecule has 0 spiro atoms. The van der Waals surface area contributed by atoms with E-state index in [2.05, 4.69) is 0 Å². The molecule has 5 heteroatoms. The highest BCUT2D eigenvalue weighted by molar-refractivity contribution is 7.80. The van der Waals surface area contributed by atoms with Crippen molar-refractivity contribution in [2.75, 3.05) is 6.61 Å². The predicted octanol–water partition coefficient (Wildman–Crippen LogP) is 4.56. The Bertz CT molecular complexity index is 646. The third-order valence-electron chi connectivity index (χ3n) is 2.74. The van der Waals surface area contributed by atoms with Gasteiger partial charge in [0.05, 0.1) is 12.2 Å². The topological polar surface area (TPSA) is 44.5 Å². The van der Waals surface area contributed by atoms with E-state index in [0.717, 1.165) is 6.42 Å². The van der Waals surface area contributed by atoms with Crippen molar-refractivity contribution in [3.05, 3.63) is 53.1 Å². The van der Waals surface area contributed by atoms with Crippen LogP contribution in [-0.2, 0) is 0 Å². The Hall–Kier alpha value is -1.78. The molecule has 0 unspecified atom stereocenters. The molecule has 2 rings (SSSR count). The third kappa shape index (κ3) is 4.09. The first-order chi connectivity index (χ1) is 10.1. The average molecular weight is 322 g/mol.